The molecular weight excluding hydrogens is 370 g/mol. The summed E-state index contributed by atoms with van der Waals surface area (Å²) in [5.41, 5.74) is 8.00. The van der Waals surface area contributed by atoms with Crippen LogP contribution in [-0.2, 0) is 11.3 Å². The summed E-state index contributed by atoms with van der Waals surface area (Å²) in [7, 11) is 0. The van der Waals surface area contributed by atoms with Crippen LogP contribution in [0.15, 0.2) is 48.5 Å². The summed E-state index contributed by atoms with van der Waals surface area (Å²) in [5.74, 6) is -0.950. The molecule has 5 N–H and O–H groups in total. The number of primary amides is 1. The molecule has 0 bridgehead atoms. The number of benzene rings is 2. The molecule has 0 spiro atoms. The Kier molecular flexibility index (Phi) is 6.67. The number of rotatable bonds is 7. The molecule has 3 rings (SSSR count). The highest BCUT2D eigenvalue weighted by Crippen LogP contribution is 2.30. The van der Waals surface area contributed by atoms with E-state index in [1.165, 1.54) is 0 Å². The molecule has 0 unspecified atom stereocenters. The number of nitrogens with zero attached hydrogens (tertiary/aromatic N) is 1. The Morgan fingerprint density at radius 2 is 1.69 bits per heavy atom. The zero-order chi connectivity index (χ0) is 20.6. The van der Waals surface area contributed by atoms with Gasteiger partial charge in [0.25, 0.3) is 0 Å². The molecule has 0 aliphatic carbocycles. The van der Waals surface area contributed by atoms with Gasteiger partial charge in [0.2, 0.25) is 11.8 Å². The third kappa shape index (κ3) is 5.71. The van der Waals surface area contributed by atoms with Crippen LogP contribution < -0.4 is 26.6 Å². The lowest BCUT2D eigenvalue weighted by molar-refractivity contribution is -0.115. The molecule has 0 radical (unpaired) electrons. The average molecular weight is 395 g/mol. The van der Waals surface area contributed by atoms with Crippen LogP contribution in [0.5, 0.6) is 0 Å². The molecule has 152 valence electrons. The number of carbonyl (C=O) groups excluding carboxylic acids is 3. The van der Waals surface area contributed by atoms with Gasteiger partial charge < -0.3 is 26.6 Å². The molecule has 0 saturated carbocycles. The van der Waals surface area contributed by atoms with Crippen molar-refractivity contribution in [2.24, 2.45) is 5.73 Å². The minimum atomic E-state index is -0.563. The largest absolute Gasteiger partial charge is 0.370 e. The fourth-order valence-corrected chi connectivity index (χ4v) is 3.22. The second-order valence-electron chi connectivity index (χ2n) is 6.86. The first kappa shape index (κ1) is 20.2. The van der Waals surface area contributed by atoms with Crippen LogP contribution in [0.25, 0.3) is 0 Å². The van der Waals surface area contributed by atoms with E-state index in [0.29, 0.717) is 17.8 Å². The molecule has 4 amide bonds. The van der Waals surface area contributed by atoms with Crippen molar-refractivity contribution in [2.45, 2.75) is 19.4 Å². The van der Waals surface area contributed by atoms with Gasteiger partial charge in [-0.3, -0.25) is 9.59 Å². The summed E-state index contributed by atoms with van der Waals surface area (Å²) in [6.07, 6.45) is 2.15. The molecule has 1 aliphatic heterocycles. The summed E-state index contributed by atoms with van der Waals surface area (Å²) < 4.78 is 0. The van der Waals surface area contributed by atoms with Gasteiger partial charge in [-0.15, -0.1) is 0 Å². The van der Waals surface area contributed by atoms with E-state index in [1.807, 2.05) is 30.3 Å². The summed E-state index contributed by atoms with van der Waals surface area (Å²) in [6, 6.07) is 14.1. The number of anilines is 2. The summed E-state index contributed by atoms with van der Waals surface area (Å²) in [4.78, 5) is 37.9. The average Bonchev–Trinajstić information content (AvgIpc) is 3.26. The van der Waals surface area contributed by atoms with Crippen LogP contribution in [-0.4, -0.2) is 37.5 Å². The van der Waals surface area contributed by atoms with E-state index in [4.69, 9.17) is 5.73 Å². The van der Waals surface area contributed by atoms with E-state index in [-0.39, 0.29) is 12.5 Å². The number of urea groups is 1. The van der Waals surface area contributed by atoms with Gasteiger partial charge in [0.05, 0.1) is 17.9 Å². The first-order valence-corrected chi connectivity index (χ1v) is 9.57. The predicted octanol–water partition coefficient (Wildman–Crippen LogP) is 1.82. The Labute approximate surface area is 169 Å². The maximum atomic E-state index is 12.4. The lowest BCUT2D eigenvalue weighted by Gasteiger charge is -2.22. The van der Waals surface area contributed by atoms with Crippen molar-refractivity contribution in [3.63, 3.8) is 0 Å². The molecule has 1 fully saturated rings. The van der Waals surface area contributed by atoms with Crippen molar-refractivity contribution in [1.82, 2.24) is 10.6 Å². The molecular formula is C21H25N5O3. The lowest BCUT2D eigenvalue weighted by Crippen LogP contribution is -2.39. The van der Waals surface area contributed by atoms with Gasteiger partial charge in [-0.2, -0.15) is 0 Å². The number of hydrogen-bond acceptors (Lipinski definition) is 4. The minimum Gasteiger partial charge on any atom is -0.370 e. The molecule has 2 aromatic carbocycles. The van der Waals surface area contributed by atoms with Gasteiger partial charge in [-0.25, -0.2) is 4.79 Å². The van der Waals surface area contributed by atoms with Crippen LogP contribution in [0, 0.1) is 0 Å². The zero-order valence-electron chi connectivity index (χ0n) is 16.1. The van der Waals surface area contributed by atoms with E-state index in [1.54, 1.807) is 18.2 Å². The second-order valence-corrected chi connectivity index (χ2v) is 6.86. The Hall–Kier alpha value is -3.55. The SMILES string of the molecule is NC(=O)c1ccc(N2CCCC2)c(NC(=O)CNC(=O)NCc2ccccc2)c1. The topological polar surface area (TPSA) is 117 Å². The van der Waals surface area contributed by atoms with Crippen molar-refractivity contribution in [1.29, 1.82) is 0 Å². The maximum Gasteiger partial charge on any atom is 0.315 e. The van der Waals surface area contributed by atoms with Crippen molar-refractivity contribution in [3.05, 3.63) is 59.7 Å². The van der Waals surface area contributed by atoms with Crippen molar-refractivity contribution in [3.8, 4) is 0 Å². The van der Waals surface area contributed by atoms with Crippen molar-refractivity contribution >= 4 is 29.2 Å². The van der Waals surface area contributed by atoms with Crippen LogP contribution >= 0.6 is 0 Å². The first-order valence-electron chi connectivity index (χ1n) is 9.57. The van der Waals surface area contributed by atoms with Gasteiger partial charge in [-0.1, -0.05) is 30.3 Å². The summed E-state index contributed by atoms with van der Waals surface area (Å²) in [5, 5.41) is 8.01. The van der Waals surface area contributed by atoms with Gasteiger partial charge in [0.1, 0.15) is 0 Å². The van der Waals surface area contributed by atoms with Crippen LogP contribution in [0.2, 0.25) is 0 Å². The van der Waals surface area contributed by atoms with Crippen molar-refractivity contribution in [2.75, 3.05) is 29.9 Å². The van der Waals surface area contributed by atoms with Gasteiger partial charge in [0.15, 0.2) is 0 Å². The second kappa shape index (κ2) is 9.59. The third-order valence-corrected chi connectivity index (χ3v) is 4.71. The normalized spacial score (nSPS) is 13.0. The van der Waals surface area contributed by atoms with Crippen LogP contribution in [0.1, 0.15) is 28.8 Å². The molecule has 8 nitrogen and oxygen atoms in total. The quantitative estimate of drug-likeness (QED) is 0.572. The third-order valence-electron chi connectivity index (χ3n) is 4.71. The van der Waals surface area contributed by atoms with Crippen LogP contribution in [0.4, 0.5) is 16.2 Å². The highest BCUT2D eigenvalue weighted by Gasteiger charge is 2.18. The number of amides is 4. The first-order chi connectivity index (χ1) is 14.0. The molecule has 29 heavy (non-hydrogen) atoms. The predicted molar refractivity (Wildman–Crippen MR) is 112 cm³/mol. The lowest BCUT2D eigenvalue weighted by atomic mass is 10.1. The Bertz CT molecular complexity index is 879. The molecule has 1 heterocycles. The van der Waals surface area contributed by atoms with E-state index < -0.39 is 11.9 Å². The van der Waals surface area contributed by atoms with Crippen molar-refractivity contribution < 1.29 is 14.4 Å². The number of carbonyl (C=O) groups is 3. The minimum absolute atomic E-state index is 0.194. The maximum absolute atomic E-state index is 12.4. The monoisotopic (exact) mass is 395 g/mol. The zero-order valence-corrected chi connectivity index (χ0v) is 16.1. The summed E-state index contributed by atoms with van der Waals surface area (Å²) in [6.45, 7) is 1.95. The fourth-order valence-electron chi connectivity index (χ4n) is 3.22. The Morgan fingerprint density at radius 3 is 2.38 bits per heavy atom. The highest BCUT2D eigenvalue weighted by atomic mass is 16.2. The Morgan fingerprint density at radius 1 is 0.966 bits per heavy atom. The number of hydrogen-bond donors (Lipinski definition) is 4. The van der Waals surface area contributed by atoms with Gasteiger partial charge >= 0.3 is 6.03 Å². The van der Waals surface area contributed by atoms with E-state index in [9.17, 15) is 14.4 Å². The smallest absolute Gasteiger partial charge is 0.315 e. The molecule has 0 atom stereocenters. The molecule has 8 heteroatoms. The fraction of sp³-hybridized carbons (Fsp3) is 0.286. The standard InChI is InChI=1S/C21H25N5O3/c22-20(28)16-8-9-18(26-10-4-5-11-26)17(12-16)25-19(27)14-24-21(29)23-13-15-6-2-1-3-7-15/h1-3,6-9,12H,4-5,10-11,13-14H2,(H2,22,28)(H,25,27)(H2,23,24,29). The number of nitrogens with one attached hydrogen (secondary N) is 3. The van der Waals surface area contributed by atoms with E-state index in [2.05, 4.69) is 20.9 Å². The van der Waals surface area contributed by atoms with Crippen LogP contribution in [0.3, 0.4) is 0 Å². The van der Waals surface area contributed by atoms with E-state index >= 15 is 0 Å². The molecule has 2 aromatic rings. The number of nitrogens with two attached hydrogens (primary N) is 1. The highest BCUT2D eigenvalue weighted by molar-refractivity contribution is 6.00. The molecule has 1 saturated heterocycles. The van der Waals surface area contributed by atoms with E-state index in [0.717, 1.165) is 37.2 Å². The molecule has 0 aromatic heterocycles. The summed E-state index contributed by atoms with van der Waals surface area (Å²) >= 11 is 0. The van der Waals surface area contributed by atoms with Gasteiger partial charge in [-0.05, 0) is 36.6 Å². The Balaban J connectivity index is 1.56. The molecule has 1 aliphatic rings. The van der Waals surface area contributed by atoms with Gasteiger partial charge in [0, 0.05) is 25.2 Å².